The number of benzene rings is 1. The average molecular weight is 344 g/mol. The second-order valence-corrected chi connectivity index (χ2v) is 6.73. The molecular weight excluding hydrogens is 324 g/mol. The number of hydrogen-bond donors (Lipinski definition) is 1. The van der Waals surface area contributed by atoms with E-state index >= 15 is 0 Å². The molecule has 1 spiro atoms. The third-order valence-corrected chi connectivity index (χ3v) is 5.30. The highest BCUT2D eigenvalue weighted by Crippen LogP contribution is 2.40. The standard InChI is InChI=1S/C17H20F4N2O/c18-14-2-1-12(17(19,20)21)11-13(14)15(24)23-9-5-16(6-10-23)3-7-22-8-4-16/h1-2,11,22H,3-10H2. The molecule has 1 N–H and O–H groups in total. The van der Waals surface area contributed by atoms with Crippen molar-refractivity contribution in [2.45, 2.75) is 31.9 Å². The molecule has 2 aliphatic rings. The summed E-state index contributed by atoms with van der Waals surface area (Å²) in [5.41, 5.74) is -1.28. The second-order valence-electron chi connectivity index (χ2n) is 6.73. The van der Waals surface area contributed by atoms with Crippen LogP contribution in [0.5, 0.6) is 0 Å². The maximum absolute atomic E-state index is 13.9. The van der Waals surface area contributed by atoms with Gasteiger partial charge in [0.1, 0.15) is 5.82 Å². The van der Waals surface area contributed by atoms with Gasteiger partial charge in [0, 0.05) is 13.1 Å². The molecule has 0 unspecified atom stereocenters. The number of likely N-dealkylation sites (tertiary alicyclic amines) is 1. The second kappa shape index (κ2) is 6.35. The van der Waals surface area contributed by atoms with Gasteiger partial charge in [0.25, 0.3) is 5.91 Å². The van der Waals surface area contributed by atoms with Crippen LogP contribution in [0, 0.1) is 11.2 Å². The molecule has 2 heterocycles. The van der Waals surface area contributed by atoms with E-state index in [9.17, 15) is 22.4 Å². The van der Waals surface area contributed by atoms with Gasteiger partial charge >= 0.3 is 6.18 Å². The van der Waals surface area contributed by atoms with Gasteiger partial charge in [0.15, 0.2) is 0 Å². The van der Waals surface area contributed by atoms with Crippen LogP contribution in [0.25, 0.3) is 0 Å². The van der Waals surface area contributed by atoms with E-state index < -0.39 is 29.0 Å². The lowest BCUT2D eigenvalue weighted by Gasteiger charge is -2.44. The van der Waals surface area contributed by atoms with Crippen LogP contribution >= 0.6 is 0 Å². The number of carbonyl (C=O) groups excluding carboxylic acids is 1. The number of carbonyl (C=O) groups is 1. The monoisotopic (exact) mass is 344 g/mol. The molecule has 24 heavy (non-hydrogen) atoms. The lowest BCUT2D eigenvalue weighted by molar-refractivity contribution is -0.137. The van der Waals surface area contributed by atoms with Crippen molar-refractivity contribution in [2.75, 3.05) is 26.2 Å². The van der Waals surface area contributed by atoms with Crippen molar-refractivity contribution in [3.05, 3.63) is 35.1 Å². The average Bonchev–Trinajstić information content (AvgIpc) is 2.55. The number of nitrogens with zero attached hydrogens (tertiary/aromatic N) is 1. The molecule has 1 aromatic carbocycles. The number of hydrogen-bond acceptors (Lipinski definition) is 2. The fourth-order valence-electron chi connectivity index (χ4n) is 3.68. The highest BCUT2D eigenvalue weighted by atomic mass is 19.4. The predicted molar refractivity (Wildman–Crippen MR) is 81.1 cm³/mol. The van der Waals surface area contributed by atoms with Crippen LogP contribution < -0.4 is 5.32 Å². The molecule has 3 rings (SSSR count). The van der Waals surface area contributed by atoms with Gasteiger partial charge < -0.3 is 10.2 Å². The van der Waals surface area contributed by atoms with Crippen LogP contribution in [0.1, 0.15) is 41.6 Å². The quantitative estimate of drug-likeness (QED) is 0.792. The molecule has 2 fully saturated rings. The van der Waals surface area contributed by atoms with Gasteiger partial charge in [-0.25, -0.2) is 4.39 Å². The lowest BCUT2D eigenvalue weighted by Crippen LogP contribution is -2.47. The summed E-state index contributed by atoms with van der Waals surface area (Å²) in [5, 5.41) is 3.31. The van der Waals surface area contributed by atoms with Gasteiger partial charge in [0.2, 0.25) is 0 Å². The van der Waals surface area contributed by atoms with Crippen molar-refractivity contribution in [3.63, 3.8) is 0 Å². The Hall–Kier alpha value is -1.63. The number of rotatable bonds is 1. The van der Waals surface area contributed by atoms with E-state index in [2.05, 4.69) is 5.32 Å². The van der Waals surface area contributed by atoms with Crippen molar-refractivity contribution in [2.24, 2.45) is 5.41 Å². The van der Waals surface area contributed by atoms with Crippen LogP contribution in [-0.4, -0.2) is 37.0 Å². The SMILES string of the molecule is O=C(c1cc(C(F)(F)F)ccc1F)N1CCC2(CCNCC2)CC1. The molecule has 0 saturated carbocycles. The minimum Gasteiger partial charge on any atom is -0.339 e. The molecule has 1 amide bonds. The van der Waals surface area contributed by atoms with Crippen LogP contribution in [0.2, 0.25) is 0 Å². The first-order valence-corrected chi connectivity index (χ1v) is 8.18. The summed E-state index contributed by atoms with van der Waals surface area (Å²) >= 11 is 0. The molecule has 0 bridgehead atoms. The van der Waals surface area contributed by atoms with Crippen LogP contribution in [0.4, 0.5) is 17.6 Å². The van der Waals surface area contributed by atoms with E-state index in [0.717, 1.165) is 38.8 Å². The van der Waals surface area contributed by atoms with Crippen LogP contribution in [0.3, 0.4) is 0 Å². The normalized spacial score (nSPS) is 21.1. The van der Waals surface area contributed by atoms with Gasteiger partial charge in [-0.2, -0.15) is 13.2 Å². The Morgan fingerprint density at radius 1 is 1.08 bits per heavy atom. The minimum atomic E-state index is -4.59. The number of alkyl halides is 3. The maximum Gasteiger partial charge on any atom is 0.416 e. The van der Waals surface area contributed by atoms with E-state index in [1.165, 1.54) is 4.90 Å². The molecule has 3 nitrogen and oxygen atoms in total. The topological polar surface area (TPSA) is 32.3 Å². The molecule has 0 aromatic heterocycles. The van der Waals surface area contributed by atoms with Gasteiger partial charge in [-0.3, -0.25) is 4.79 Å². The number of amides is 1. The van der Waals surface area contributed by atoms with E-state index in [1.807, 2.05) is 0 Å². The Morgan fingerprint density at radius 2 is 1.71 bits per heavy atom. The van der Waals surface area contributed by atoms with Crippen molar-refractivity contribution in [3.8, 4) is 0 Å². The maximum atomic E-state index is 13.9. The smallest absolute Gasteiger partial charge is 0.339 e. The first-order chi connectivity index (χ1) is 11.3. The summed E-state index contributed by atoms with van der Waals surface area (Å²) in [4.78, 5) is 14.0. The summed E-state index contributed by atoms with van der Waals surface area (Å²) in [6.07, 6.45) is -0.855. The molecule has 0 atom stereocenters. The zero-order chi connectivity index (χ0) is 17.4. The van der Waals surface area contributed by atoms with Crippen molar-refractivity contribution < 1.29 is 22.4 Å². The van der Waals surface area contributed by atoms with Gasteiger partial charge in [-0.1, -0.05) is 0 Å². The summed E-state index contributed by atoms with van der Waals surface area (Å²) in [6, 6.07) is 1.99. The Labute approximate surface area is 138 Å². The third-order valence-electron chi connectivity index (χ3n) is 5.30. The van der Waals surface area contributed by atoms with Gasteiger partial charge in [0.05, 0.1) is 11.1 Å². The first kappa shape index (κ1) is 17.2. The van der Waals surface area contributed by atoms with E-state index in [4.69, 9.17) is 0 Å². The molecule has 132 valence electrons. The molecule has 7 heteroatoms. The predicted octanol–water partition coefficient (Wildman–Crippen LogP) is 3.45. The first-order valence-electron chi connectivity index (χ1n) is 8.18. The van der Waals surface area contributed by atoms with Gasteiger partial charge in [-0.05, 0) is 62.4 Å². The molecular formula is C17H20F4N2O. The fraction of sp³-hybridized carbons (Fsp3) is 0.588. The van der Waals surface area contributed by atoms with E-state index in [1.54, 1.807) is 0 Å². The van der Waals surface area contributed by atoms with E-state index in [0.29, 0.717) is 31.3 Å². The Kier molecular flexibility index (Phi) is 4.55. The van der Waals surface area contributed by atoms with Gasteiger partial charge in [-0.15, -0.1) is 0 Å². The lowest BCUT2D eigenvalue weighted by atomic mass is 9.71. The third kappa shape index (κ3) is 3.41. The summed E-state index contributed by atoms with van der Waals surface area (Å²) in [6.45, 7) is 2.84. The van der Waals surface area contributed by atoms with Crippen molar-refractivity contribution in [1.82, 2.24) is 10.2 Å². The van der Waals surface area contributed by atoms with E-state index in [-0.39, 0.29) is 5.41 Å². The number of piperidine rings is 2. The van der Waals surface area contributed by atoms with Crippen LogP contribution in [0.15, 0.2) is 18.2 Å². The Morgan fingerprint density at radius 3 is 2.29 bits per heavy atom. The van der Waals surface area contributed by atoms with Crippen molar-refractivity contribution >= 4 is 5.91 Å². The zero-order valence-electron chi connectivity index (χ0n) is 13.3. The highest BCUT2D eigenvalue weighted by Gasteiger charge is 2.38. The molecule has 0 radical (unpaired) electrons. The molecule has 0 aliphatic carbocycles. The number of halogens is 4. The van der Waals surface area contributed by atoms with Crippen LogP contribution in [-0.2, 0) is 6.18 Å². The summed E-state index contributed by atoms with van der Waals surface area (Å²) < 4.78 is 52.3. The number of nitrogens with one attached hydrogen (secondary N) is 1. The molecule has 2 aliphatic heterocycles. The molecule has 1 aromatic rings. The molecule has 2 saturated heterocycles. The largest absolute Gasteiger partial charge is 0.416 e. The highest BCUT2D eigenvalue weighted by molar-refractivity contribution is 5.94. The van der Waals surface area contributed by atoms with Crippen molar-refractivity contribution in [1.29, 1.82) is 0 Å². The Bertz CT molecular complexity index is 614. The Balaban J connectivity index is 1.73. The zero-order valence-corrected chi connectivity index (χ0v) is 13.3. The summed E-state index contributed by atoms with van der Waals surface area (Å²) in [5.74, 6) is -1.56. The minimum absolute atomic E-state index is 0.217. The summed E-state index contributed by atoms with van der Waals surface area (Å²) in [7, 11) is 0. The fourth-order valence-corrected chi connectivity index (χ4v) is 3.68.